The summed E-state index contributed by atoms with van der Waals surface area (Å²) < 4.78 is 5.48. The Labute approximate surface area is 75.2 Å². The molecule has 1 heterocycles. The molecule has 59 valence electrons. The molecule has 1 radical (unpaired) electrons. The molecule has 0 aliphatic heterocycles. The van der Waals surface area contributed by atoms with Crippen LogP contribution in [-0.2, 0) is 0 Å². The summed E-state index contributed by atoms with van der Waals surface area (Å²) in [6.07, 6.45) is 0. The predicted octanol–water partition coefficient (Wildman–Crippen LogP) is 3.34. The Kier molecular flexibility index (Phi) is 2.10. The largest absolute Gasteiger partial charge is 0.446 e. The van der Waals surface area contributed by atoms with Crippen molar-refractivity contribution in [2.75, 3.05) is 0 Å². The first-order chi connectivity index (χ1) is 5.95. The van der Waals surface area contributed by atoms with Gasteiger partial charge in [-0.2, -0.15) is 0 Å². The summed E-state index contributed by atoms with van der Waals surface area (Å²) in [4.78, 5) is 0. The van der Waals surface area contributed by atoms with E-state index in [0.29, 0.717) is 0 Å². The highest BCUT2D eigenvalue weighted by molar-refractivity contribution is 7.11. The van der Waals surface area contributed by atoms with Crippen LogP contribution in [0.1, 0.15) is 0 Å². The molecule has 2 rings (SSSR count). The van der Waals surface area contributed by atoms with Gasteiger partial charge in [-0.05, 0) is 23.6 Å². The van der Waals surface area contributed by atoms with Gasteiger partial charge in [-0.3, -0.25) is 0 Å². The predicted molar refractivity (Wildman–Crippen MR) is 49.7 cm³/mol. The second-order valence-corrected chi connectivity index (χ2v) is 3.15. The molecule has 0 aliphatic carbocycles. The van der Waals surface area contributed by atoms with Crippen LogP contribution in [0.3, 0.4) is 0 Å². The van der Waals surface area contributed by atoms with Crippen molar-refractivity contribution in [3.63, 3.8) is 0 Å². The molecule has 0 unspecified atom stereocenters. The van der Waals surface area contributed by atoms with Crippen LogP contribution < -0.4 is 4.74 Å². The lowest BCUT2D eigenvalue weighted by Gasteiger charge is -1.99. The standard InChI is InChI=1S/C10H7OS/c1-2-5-9(6-3-1)11-10-7-4-8-12-10/h1-6,8H. The van der Waals surface area contributed by atoms with E-state index in [1.54, 1.807) is 0 Å². The molecule has 1 nitrogen and oxygen atoms in total. The van der Waals surface area contributed by atoms with Crippen LogP contribution in [0, 0.1) is 6.07 Å². The molecule has 0 saturated carbocycles. The van der Waals surface area contributed by atoms with Crippen LogP contribution in [0.25, 0.3) is 0 Å². The zero-order chi connectivity index (χ0) is 8.23. The fourth-order valence-corrected chi connectivity index (χ4v) is 1.42. The third kappa shape index (κ3) is 1.66. The highest BCUT2D eigenvalue weighted by atomic mass is 32.1. The number of ether oxygens (including phenoxy) is 1. The van der Waals surface area contributed by atoms with Gasteiger partial charge in [-0.25, -0.2) is 0 Å². The Hall–Kier alpha value is -1.28. The van der Waals surface area contributed by atoms with Crippen molar-refractivity contribution in [1.29, 1.82) is 0 Å². The first kappa shape index (κ1) is 7.37. The lowest BCUT2D eigenvalue weighted by molar-refractivity contribution is 0.496. The zero-order valence-corrected chi connectivity index (χ0v) is 7.17. The fourth-order valence-electron chi connectivity index (χ4n) is 0.881. The molecule has 0 atom stereocenters. The van der Waals surface area contributed by atoms with Gasteiger partial charge in [0.15, 0.2) is 5.06 Å². The van der Waals surface area contributed by atoms with Gasteiger partial charge in [0.2, 0.25) is 0 Å². The molecule has 2 aromatic rings. The van der Waals surface area contributed by atoms with E-state index in [9.17, 15) is 0 Å². The highest BCUT2D eigenvalue weighted by Gasteiger charge is 1.95. The second-order valence-electron chi connectivity index (χ2n) is 2.27. The minimum Gasteiger partial charge on any atom is -0.446 e. The Balaban J connectivity index is 2.15. The maximum absolute atomic E-state index is 5.48. The van der Waals surface area contributed by atoms with Crippen LogP contribution in [0.4, 0.5) is 0 Å². The van der Waals surface area contributed by atoms with Crippen molar-refractivity contribution < 1.29 is 4.74 Å². The van der Waals surface area contributed by atoms with Crippen molar-refractivity contribution in [3.05, 3.63) is 47.8 Å². The first-order valence-electron chi connectivity index (χ1n) is 3.63. The van der Waals surface area contributed by atoms with Crippen molar-refractivity contribution in [2.45, 2.75) is 0 Å². The van der Waals surface area contributed by atoms with Gasteiger partial charge in [0.1, 0.15) is 5.75 Å². The third-order valence-electron chi connectivity index (χ3n) is 1.40. The molecule has 0 aliphatic rings. The Bertz CT molecular complexity index is 326. The molecule has 0 fully saturated rings. The van der Waals surface area contributed by atoms with Crippen molar-refractivity contribution in [1.82, 2.24) is 0 Å². The fraction of sp³-hybridized carbons (Fsp3) is 0. The molecular weight excluding hydrogens is 168 g/mol. The monoisotopic (exact) mass is 175 g/mol. The van der Waals surface area contributed by atoms with Crippen LogP contribution >= 0.6 is 11.3 Å². The van der Waals surface area contributed by atoms with Crippen molar-refractivity contribution in [2.24, 2.45) is 0 Å². The van der Waals surface area contributed by atoms with E-state index in [1.165, 1.54) is 11.3 Å². The van der Waals surface area contributed by atoms with Gasteiger partial charge in [0.05, 0.1) is 0 Å². The molecular formula is C10H7OS. The number of hydrogen-bond donors (Lipinski definition) is 0. The molecule has 0 saturated heterocycles. The number of para-hydroxylation sites is 1. The summed E-state index contributed by atoms with van der Waals surface area (Å²) in [6.45, 7) is 0. The van der Waals surface area contributed by atoms with Gasteiger partial charge in [-0.15, -0.1) is 11.3 Å². The van der Waals surface area contributed by atoms with E-state index in [2.05, 4.69) is 6.07 Å². The smallest absolute Gasteiger partial charge is 0.188 e. The summed E-state index contributed by atoms with van der Waals surface area (Å²) in [5.74, 6) is 0.858. The van der Waals surface area contributed by atoms with Crippen molar-refractivity contribution >= 4 is 11.3 Å². The first-order valence-corrected chi connectivity index (χ1v) is 4.51. The highest BCUT2D eigenvalue weighted by Crippen LogP contribution is 2.24. The summed E-state index contributed by atoms with van der Waals surface area (Å²) in [7, 11) is 0. The third-order valence-corrected chi connectivity index (χ3v) is 2.09. The topological polar surface area (TPSA) is 9.23 Å². The molecule has 2 heteroatoms. The Morgan fingerprint density at radius 1 is 1.17 bits per heavy atom. The van der Waals surface area contributed by atoms with Gasteiger partial charge in [-0.1, -0.05) is 18.2 Å². The Morgan fingerprint density at radius 3 is 2.67 bits per heavy atom. The van der Waals surface area contributed by atoms with E-state index in [0.717, 1.165) is 10.8 Å². The van der Waals surface area contributed by atoms with Crippen LogP contribution in [0.5, 0.6) is 10.8 Å². The molecule has 0 spiro atoms. The lowest BCUT2D eigenvalue weighted by atomic mass is 10.3. The second kappa shape index (κ2) is 3.41. The quantitative estimate of drug-likeness (QED) is 0.680. The van der Waals surface area contributed by atoms with Crippen LogP contribution in [-0.4, -0.2) is 0 Å². The molecule has 12 heavy (non-hydrogen) atoms. The van der Waals surface area contributed by atoms with Gasteiger partial charge >= 0.3 is 0 Å². The molecule has 0 N–H and O–H groups in total. The molecule has 0 bridgehead atoms. The average Bonchev–Trinajstić information content (AvgIpc) is 2.59. The van der Waals surface area contributed by atoms with E-state index in [1.807, 2.05) is 41.8 Å². The van der Waals surface area contributed by atoms with Gasteiger partial charge in [0.25, 0.3) is 0 Å². The summed E-state index contributed by atoms with van der Waals surface area (Å²) in [6, 6.07) is 14.5. The minimum absolute atomic E-state index is 0.807. The molecule has 1 aromatic heterocycles. The van der Waals surface area contributed by atoms with E-state index >= 15 is 0 Å². The number of rotatable bonds is 2. The summed E-state index contributed by atoms with van der Waals surface area (Å²) >= 11 is 1.54. The lowest BCUT2D eigenvalue weighted by Crippen LogP contribution is -1.78. The molecule has 0 amide bonds. The molecule has 1 aromatic carbocycles. The SMILES string of the molecule is [c]1ccsc1Oc1ccccc1. The summed E-state index contributed by atoms with van der Waals surface area (Å²) in [5, 5.41) is 2.75. The van der Waals surface area contributed by atoms with Crippen molar-refractivity contribution in [3.8, 4) is 10.8 Å². The normalized spacial score (nSPS) is 9.67. The zero-order valence-electron chi connectivity index (χ0n) is 6.36. The summed E-state index contributed by atoms with van der Waals surface area (Å²) in [5.41, 5.74) is 0. The number of benzene rings is 1. The Morgan fingerprint density at radius 2 is 2.00 bits per heavy atom. The van der Waals surface area contributed by atoms with Crippen LogP contribution in [0.15, 0.2) is 41.8 Å². The maximum Gasteiger partial charge on any atom is 0.188 e. The maximum atomic E-state index is 5.48. The van der Waals surface area contributed by atoms with E-state index < -0.39 is 0 Å². The van der Waals surface area contributed by atoms with Gasteiger partial charge in [0, 0.05) is 6.07 Å². The number of thiophene rings is 1. The van der Waals surface area contributed by atoms with Crippen LogP contribution in [0.2, 0.25) is 0 Å². The average molecular weight is 175 g/mol. The van der Waals surface area contributed by atoms with E-state index in [-0.39, 0.29) is 0 Å². The van der Waals surface area contributed by atoms with E-state index in [4.69, 9.17) is 4.74 Å². The number of hydrogen-bond acceptors (Lipinski definition) is 2. The minimum atomic E-state index is 0.807. The van der Waals surface area contributed by atoms with Gasteiger partial charge < -0.3 is 4.74 Å².